The summed E-state index contributed by atoms with van der Waals surface area (Å²) >= 11 is 0. The van der Waals surface area contributed by atoms with Crippen LogP contribution in [0.15, 0.2) is 224 Å². The van der Waals surface area contributed by atoms with Crippen molar-refractivity contribution in [3.05, 3.63) is 224 Å². The summed E-state index contributed by atoms with van der Waals surface area (Å²) in [6, 6.07) is 82.1. The van der Waals surface area contributed by atoms with Gasteiger partial charge in [0.2, 0.25) is 0 Å². The number of nitrogens with zero attached hydrogens (tertiary/aromatic N) is 1. The van der Waals surface area contributed by atoms with E-state index in [1.165, 1.54) is 92.9 Å². The third-order valence-corrected chi connectivity index (χ3v) is 11.6. The maximum absolute atomic E-state index is 2.47. The minimum atomic E-state index is 1.10. The van der Waals surface area contributed by atoms with Gasteiger partial charge in [0.1, 0.15) is 0 Å². The van der Waals surface area contributed by atoms with Crippen LogP contribution in [0.3, 0.4) is 0 Å². The lowest BCUT2D eigenvalue weighted by atomic mass is 9.90. The van der Waals surface area contributed by atoms with Gasteiger partial charge in [0, 0.05) is 22.3 Å². The summed E-state index contributed by atoms with van der Waals surface area (Å²) < 4.78 is 0. The fourth-order valence-corrected chi connectivity index (χ4v) is 8.91. The van der Waals surface area contributed by atoms with Crippen molar-refractivity contribution in [2.75, 3.05) is 4.90 Å². The Hall–Kier alpha value is -7.48. The molecule has 11 rings (SSSR count). The van der Waals surface area contributed by atoms with Crippen LogP contribution in [0, 0.1) is 0 Å². The molecule has 0 heterocycles. The SMILES string of the molecule is c1ccc(-c2c(N(c3ccc(-c4ccc5ccc6ccccc6c5c4)cc3)c3ccc(-c4cccc5ccccc45)cc3)c3ccccc3c3ccccc23)cc1. The lowest BCUT2D eigenvalue weighted by molar-refractivity contribution is 1.30. The molecule has 0 aliphatic heterocycles. The molecule has 0 saturated carbocycles. The van der Waals surface area contributed by atoms with E-state index in [9.17, 15) is 0 Å². The normalized spacial score (nSPS) is 11.5. The fraction of sp³-hybridized carbons (Fsp3) is 0. The number of benzene rings is 11. The third kappa shape index (κ3) is 5.63. The van der Waals surface area contributed by atoms with E-state index in [2.05, 4.69) is 229 Å². The highest BCUT2D eigenvalue weighted by molar-refractivity contribution is 6.22. The summed E-state index contributed by atoms with van der Waals surface area (Å²) in [6.07, 6.45) is 0. The molecular weight excluding hydrogens is 687 g/mol. The number of anilines is 3. The van der Waals surface area contributed by atoms with Gasteiger partial charge in [0.25, 0.3) is 0 Å². The standard InChI is InChI=1S/C56H37N/c1-2-15-43(16-3-1)55-52-22-10-8-20-50(52)51-21-9-11-23-53(51)56(55)57(46-35-31-41(32-36-46)48-24-12-17-39-13-4-6-18-47(39)48)45-33-29-38(30-34-45)44-28-27-42-26-25-40-14-5-7-19-49(40)54(42)37-44/h1-37H. The summed E-state index contributed by atoms with van der Waals surface area (Å²) in [5.74, 6) is 0. The van der Waals surface area contributed by atoms with E-state index in [1.807, 2.05) is 0 Å². The average molecular weight is 724 g/mol. The number of rotatable bonds is 6. The Morgan fingerprint density at radius 1 is 0.246 bits per heavy atom. The molecule has 0 aliphatic rings. The largest absolute Gasteiger partial charge is 0.309 e. The van der Waals surface area contributed by atoms with Gasteiger partial charge in [-0.05, 0) is 107 Å². The van der Waals surface area contributed by atoms with Gasteiger partial charge in [-0.25, -0.2) is 0 Å². The molecule has 266 valence electrons. The molecule has 1 heteroatoms. The molecule has 57 heavy (non-hydrogen) atoms. The van der Waals surface area contributed by atoms with Crippen LogP contribution in [0.1, 0.15) is 0 Å². The summed E-state index contributed by atoms with van der Waals surface area (Å²) in [4.78, 5) is 2.47. The highest BCUT2D eigenvalue weighted by Crippen LogP contribution is 2.49. The predicted molar refractivity (Wildman–Crippen MR) is 245 cm³/mol. The molecule has 0 unspecified atom stereocenters. The number of hydrogen-bond acceptors (Lipinski definition) is 1. The zero-order valence-electron chi connectivity index (χ0n) is 31.3. The van der Waals surface area contributed by atoms with Gasteiger partial charge in [0.15, 0.2) is 0 Å². The molecule has 0 radical (unpaired) electrons. The van der Waals surface area contributed by atoms with Crippen LogP contribution < -0.4 is 4.90 Å². The molecule has 0 amide bonds. The molecule has 0 atom stereocenters. The number of fused-ring (bicyclic) bond motifs is 7. The summed E-state index contributed by atoms with van der Waals surface area (Å²) in [6.45, 7) is 0. The molecule has 0 fully saturated rings. The summed E-state index contributed by atoms with van der Waals surface area (Å²) in [5.41, 5.74) is 10.6. The van der Waals surface area contributed by atoms with Crippen molar-refractivity contribution in [2.24, 2.45) is 0 Å². The zero-order valence-corrected chi connectivity index (χ0v) is 31.3. The molecule has 0 saturated heterocycles. The van der Waals surface area contributed by atoms with Crippen molar-refractivity contribution < 1.29 is 0 Å². The first-order chi connectivity index (χ1) is 28.3. The van der Waals surface area contributed by atoms with E-state index in [1.54, 1.807) is 0 Å². The topological polar surface area (TPSA) is 3.24 Å². The van der Waals surface area contributed by atoms with E-state index in [0.29, 0.717) is 0 Å². The second-order valence-electron chi connectivity index (χ2n) is 14.9. The van der Waals surface area contributed by atoms with Gasteiger partial charge in [-0.3, -0.25) is 0 Å². The molecule has 1 nitrogen and oxygen atoms in total. The van der Waals surface area contributed by atoms with Gasteiger partial charge in [0.05, 0.1) is 5.69 Å². The first-order valence-electron chi connectivity index (χ1n) is 19.7. The smallest absolute Gasteiger partial charge is 0.0624 e. The van der Waals surface area contributed by atoms with E-state index in [4.69, 9.17) is 0 Å². The molecular formula is C56H37N. The Kier molecular flexibility index (Phi) is 7.89. The van der Waals surface area contributed by atoms with Crippen LogP contribution in [0.5, 0.6) is 0 Å². The molecule has 0 spiro atoms. The molecule has 11 aromatic carbocycles. The van der Waals surface area contributed by atoms with E-state index in [0.717, 1.165) is 11.4 Å². The highest BCUT2D eigenvalue weighted by Gasteiger charge is 2.23. The van der Waals surface area contributed by atoms with E-state index >= 15 is 0 Å². The van der Waals surface area contributed by atoms with Gasteiger partial charge < -0.3 is 4.90 Å². The van der Waals surface area contributed by atoms with Crippen molar-refractivity contribution in [3.63, 3.8) is 0 Å². The highest BCUT2D eigenvalue weighted by atomic mass is 15.1. The Morgan fingerprint density at radius 2 is 0.719 bits per heavy atom. The van der Waals surface area contributed by atoms with Crippen LogP contribution in [-0.4, -0.2) is 0 Å². The van der Waals surface area contributed by atoms with Crippen molar-refractivity contribution in [1.82, 2.24) is 0 Å². The van der Waals surface area contributed by atoms with Crippen LogP contribution in [-0.2, 0) is 0 Å². The van der Waals surface area contributed by atoms with Gasteiger partial charge >= 0.3 is 0 Å². The second-order valence-corrected chi connectivity index (χ2v) is 14.9. The zero-order chi connectivity index (χ0) is 37.7. The first-order valence-corrected chi connectivity index (χ1v) is 19.7. The summed E-state index contributed by atoms with van der Waals surface area (Å²) in [5, 5.41) is 12.5. The Balaban J connectivity index is 1.13. The quantitative estimate of drug-likeness (QED) is 0.154. The first kappa shape index (κ1) is 32.9. The van der Waals surface area contributed by atoms with Gasteiger partial charge in [-0.15, -0.1) is 0 Å². The van der Waals surface area contributed by atoms with Crippen LogP contribution >= 0.6 is 0 Å². The lowest BCUT2D eigenvalue weighted by Gasteiger charge is -2.31. The van der Waals surface area contributed by atoms with Crippen LogP contribution in [0.25, 0.3) is 87.2 Å². The second kappa shape index (κ2) is 13.7. The Labute approximate surface area is 332 Å². The van der Waals surface area contributed by atoms with Gasteiger partial charge in [-0.2, -0.15) is 0 Å². The maximum atomic E-state index is 2.47. The molecule has 0 aromatic heterocycles. The van der Waals surface area contributed by atoms with Crippen molar-refractivity contribution in [3.8, 4) is 33.4 Å². The van der Waals surface area contributed by atoms with Crippen molar-refractivity contribution in [1.29, 1.82) is 0 Å². The molecule has 11 aromatic rings. The fourth-order valence-electron chi connectivity index (χ4n) is 8.91. The summed E-state index contributed by atoms with van der Waals surface area (Å²) in [7, 11) is 0. The van der Waals surface area contributed by atoms with Crippen molar-refractivity contribution in [2.45, 2.75) is 0 Å². The maximum Gasteiger partial charge on any atom is 0.0624 e. The van der Waals surface area contributed by atoms with Crippen LogP contribution in [0.4, 0.5) is 17.1 Å². The van der Waals surface area contributed by atoms with E-state index < -0.39 is 0 Å². The minimum absolute atomic E-state index is 1.10. The molecule has 0 bridgehead atoms. The third-order valence-electron chi connectivity index (χ3n) is 11.6. The molecule has 0 N–H and O–H groups in total. The predicted octanol–water partition coefficient (Wildman–Crippen LogP) is 15.9. The van der Waals surface area contributed by atoms with Gasteiger partial charge in [-0.1, -0.05) is 194 Å². The Morgan fingerprint density at radius 3 is 1.42 bits per heavy atom. The molecule has 0 aliphatic carbocycles. The number of hydrogen-bond donors (Lipinski definition) is 0. The van der Waals surface area contributed by atoms with Crippen molar-refractivity contribution >= 4 is 70.9 Å². The minimum Gasteiger partial charge on any atom is -0.309 e. The Bertz CT molecular complexity index is 3270. The monoisotopic (exact) mass is 723 g/mol. The van der Waals surface area contributed by atoms with E-state index in [-0.39, 0.29) is 0 Å². The van der Waals surface area contributed by atoms with Crippen LogP contribution in [0.2, 0.25) is 0 Å². The lowest BCUT2D eigenvalue weighted by Crippen LogP contribution is -2.12. The average Bonchev–Trinajstić information content (AvgIpc) is 3.29.